The third kappa shape index (κ3) is 9.73. The Bertz CT molecular complexity index is 629. The lowest BCUT2D eigenvalue weighted by Crippen LogP contribution is -2.49. The number of hydrogen-bond acceptors (Lipinski definition) is 4. The molecule has 6 heteroatoms. The first kappa shape index (κ1) is 32.8. The third-order valence-electron chi connectivity index (χ3n) is 7.88. The zero-order valence-electron chi connectivity index (χ0n) is 24.3. The van der Waals surface area contributed by atoms with Crippen LogP contribution in [0.5, 0.6) is 0 Å². The van der Waals surface area contributed by atoms with Crippen LogP contribution in [0.3, 0.4) is 0 Å². The maximum absolute atomic E-state index is 9.97. The molecule has 0 saturated carbocycles. The Morgan fingerprint density at radius 2 is 1.39 bits per heavy atom. The second kappa shape index (κ2) is 12.6. The SMILES string of the molecule is C=C[C@@H](C/C(C)=C/[C@@H](OC)[C@@H](C)[C@H](O[Si](C)(C)C(C)(C)C)[C@H](C)CO)O[Si](C)(C)C(C)(C)C. The number of aliphatic hydroxyl groups is 1. The molecule has 0 radical (unpaired) electrons. The van der Waals surface area contributed by atoms with Gasteiger partial charge in [-0.2, -0.15) is 0 Å². The van der Waals surface area contributed by atoms with E-state index in [1.54, 1.807) is 7.11 Å². The third-order valence-corrected chi connectivity index (χ3v) is 16.9. The normalized spacial score (nSPS) is 19.1. The molecule has 0 aromatic heterocycles. The molecular weight excluding hydrogens is 444 g/mol. The van der Waals surface area contributed by atoms with E-state index in [2.05, 4.69) is 101 Å². The van der Waals surface area contributed by atoms with Crippen molar-refractivity contribution in [1.82, 2.24) is 0 Å². The smallest absolute Gasteiger partial charge is 0.192 e. The van der Waals surface area contributed by atoms with Crippen LogP contribution in [-0.2, 0) is 13.6 Å². The second-order valence-corrected chi connectivity index (χ2v) is 22.4. The van der Waals surface area contributed by atoms with Crippen molar-refractivity contribution < 1.29 is 18.7 Å². The van der Waals surface area contributed by atoms with E-state index in [0.29, 0.717) is 0 Å². The Morgan fingerprint density at radius 3 is 1.76 bits per heavy atom. The summed E-state index contributed by atoms with van der Waals surface area (Å²) in [6, 6.07) is 0. The molecule has 0 aromatic rings. The molecule has 0 fully saturated rings. The molecule has 196 valence electrons. The predicted molar refractivity (Wildman–Crippen MR) is 149 cm³/mol. The average Bonchev–Trinajstić information content (AvgIpc) is 2.66. The molecule has 0 unspecified atom stereocenters. The van der Waals surface area contributed by atoms with Crippen LogP contribution in [0.1, 0.15) is 68.7 Å². The quantitative estimate of drug-likeness (QED) is 0.209. The van der Waals surface area contributed by atoms with Gasteiger partial charge in [0.05, 0.1) is 18.3 Å². The minimum atomic E-state index is -2.00. The fourth-order valence-electron chi connectivity index (χ4n) is 3.38. The maximum atomic E-state index is 9.97. The van der Waals surface area contributed by atoms with E-state index in [1.807, 2.05) is 6.08 Å². The van der Waals surface area contributed by atoms with Gasteiger partial charge in [0.25, 0.3) is 0 Å². The summed E-state index contributed by atoms with van der Waals surface area (Å²) in [4.78, 5) is 0. The number of rotatable bonds is 13. The number of methoxy groups -OCH3 is 1. The first-order chi connectivity index (χ1) is 14.7. The molecule has 0 bridgehead atoms. The largest absolute Gasteiger partial charge is 0.413 e. The van der Waals surface area contributed by atoms with E-state index >= 15 is 0 Å². The van der Waals surface area contributed by atoms with Crippen LogP contribution in [-0.4, -0.2) is 53.8 Å². The zero-order chi connectivity index (χ0) is 26.4. The number of ether oxygens (including phenoxy) is 1. The van der Waals surface area contributed by atoms with Crippen molar-refractivity contribution in [2.24, 2.45) is 11.8 Å². The highest BCUT2D eigenvalue weighted by molar-refractivity contribution is 6.74. The lowest BCUT2D eigenvalue weighted by atomic mass is 9.88. The van der Waals surface area contributed by atoms with Crippen LogP contribution < -0.4 is 0 Å². The minimum absolute atomic E-state index is 0.00871. The van der Waals surface area contributed by atoms with Crippen molar-refractivity contribution in [3.63, 3.8) is 0 Å². The van der Waals surface area contributed by atoms with E-state index in [1.165, 1.54) is 5.57 Å². The van der Waals surface area contributed by atoms with E-state index in [9.17, 15) is 5.11 Å². The molecule has 33 heavy (non-hydrogen) atoms. The molecular formula is C27H56O4Si2. The van der Waals surface area contributed by atoms with Crippen molar-refractivity contribution in [3.05, 3.63) is 24.3 Å². The number of aliphatic hydroxyl groups excluding tert-OH is 1. The first-order valence-electron chi connectivity index (χ1n) is 12.5. The fourth-order valence-corrected chi connectivity index (χ4v) is 6.15. The Morgan fingerprint density at radius 1 is 0.939 bits per heavy atom. The molecule has 1 N–H and O–H groups in total. The van der Waals surface area contributed by atoms with Crippen molar-refractivity contribution in [2.75, 3.05) is 13.7 Å². The van der Waals surface area contributed by atoms with Crippen molar-refractivity contribution in [3.8, 4) is 0 Å². The highest BCUT2D eigenvalue weighted by atomic mass is 28.4. The van der Waals surface area contributed by atoms with Gasteiger partial charge in [0, 0.05) is 25.6 Å². The summed E-state index contributed by atoms with van der Waals surface area (Å²) in [5.74, 6) is 0.132. The van der Waals surface area contributed by atoms with Crippen molar-refractivity contribution >= 4 is 16.6 Å². The summed E-state index contributed by atoms with van der Waals surface area (Å²) in [6.45, 7) is 33.2. The monoisotopic (exact) mass is 500 g/mol. The molecule has 0 aromatic carbocycles. The summed E-state index contributed by atoms with van der Waals surface area (Å²) in [6.07, 6.45) is 4.75. The lowest BCUT2D eigenvalue weighted by molar-refractivity contribution is -0.0120. The summed E-state index contributed by atoms with van der Waals surface area (Å²) in [7, 11) is -2.12. The van der Waals surface area contributed by atoms with E-state index < -0.39 is 16.6 Å². The minimum Gasteiger partial charge on any atom is -0.413 e. The fraction of sp³-hybridized carbons (Fsp3) is 0.852. The molecule has 0 aliphatic heterocycles. The molecule has 0 heterocycles. The Hall–Kier alpha value is -0.246. The molecule has 4 nitrogen and oxygen atoms in total. The van der Waals surface area contributed by atoms with Gasteiger partial charge in [-0.05, 0) is 49.6 Å². The molecule has 0 amide bonds. The van der Waals surface area contributed by atoms with Crippen LogP contribution >= 0.6 is 0 Å². The summed E-state index contributed by atoms with van der Waals surface area (Å²) in [5.41, 5.74) is 1.22. The van der Waals surface area contributed by atoms with Gasteiger partial charge in [0.15, 0.2) is 16.6 Å². The van der Waals surface area contributed by atoms with Crippen LogP contribution in [0.2, 0.25) is 36.3 Å². The van der Waals surface area contributed by atoms with E-state index in [-0.39, 0.29) is 46.8 Å². The van der Waals surface area contributed by atoms with Gasteiger partial charge in [-0.1, -0.05) is 73.1 Å². The van der Waals surface area contributed by atoms with Crippen LogP contribution in [0.4, 0.5) is 0 Å². The number of hydrogen-bond donors (Lipinski definition) is 1. The summed E-state index contributed by atoms with van der Waals surface area (Å²) >= 11 is 0. The highest BCUT2D eigenvalue weighted by Crippen LogP contribution is 2.40. The molecule has 5 atom stereocenters. The van der Waals surface area contributed by atoms with E-state index in [0.717, 1.165) is 6.42 Å². The van der Waals surface area contributed by atoms with Crippen LogP contribution in [0, 0.1) is 11.8 Å². The molecule has 0 aliphatic carbocycles. The summed E-state index contributed by atoms with van der Waals surface area (Å²) < 4.78 is 19.4. The highest BCUT2D eigenvalue weighted by Gasteiger charge is 2.42. The Kier molecular flexibility index (Phi) is 12.5. The maximum Gasteiger partial charge on any atom is 0.192 e. The van der Waals surface area contributed by atoms with Crippen LogP contribution in [0.15, 0.2) is 24.3 Å². The van der Waals surface area contributed by atoms with Crippen molar-refractivity contribution in [2.45, 2.75) is 123 Å². The van der Waals surface area contributed by atoms with Gasteiger partial charge in [0.1, 0.15) is 0 Å². The predicted octanol–water partition coefficient (Wildman–Crippen LogP) is 7.57. The Labute approximate surface area is 208 Å². The molecule has 0 saturated heterocycles. The van der Waals surface area contributed by atoms with Gasteiger partial charge >= 0.3 is 0 Å². The molecule has 0 rings (SSSR count). The standard InChI is InChI=1S/C27H56O4Si2/c1-16-23(30-32(12,13)26(5,6)7)17-20(2)18-24(29-11)22(4)25(21(3)19-28)31-33(14,15)27(8,9)10/h16,18,21-25,28H,1,17,19H2,2-15H3/b20-18+/t21-,22-,23+,24-,25-/m1/s1. The van der Waals surface area contributed by atoms with Crippen LogP contribution in [0.25, 0.3) is 0 Å². The lowest BCUT2D eigenvalue weighted by Gasteiger charge is -2.43. The second-order valence-electron chi connectivity index (χ2n) is 12.9. The van der Waals surface area contributed by atoms with Gasteiger partial charge < -0.3 is 18.7 Å². The van der Waals surface area contributed by atoms with Gasteiger partial charge in [0.2, 0.25) is 0 Å². The molecule has 0 aliphatic rings. The topological polar surface area (TPSA) is 47.9 Å². The zero-order valence-corrected chi connectivity index (χ0v) is 26.3. The van der Waals surface area contributed by atoms with Gasteiger partial charge in [-0.25, -0.2) is 0 Å². The van der Waals surface area contributed by atoms with Gasteiger partial charge in [-0.3, -0.25) is 0 Å². The van der Waals surface area contributed by atoms with Crippen molar-refractivity contribution in [1.29, 1.82) is 0 Å². The Balaban J connectivity index is 5.70. The summed E-state index contributed by atoms with van der Waals surface area (Å²) in [5, 5.41) is 10.2. The first-order valence-corrected chi connectivity index (χ1v) is 18.3. The average molecular weight is 501 g/mol. The van der Waals surface area contributed by atoms with E-state index in [4.69, 9.17) is 13.6 Å². The molecule has 0 spiro atoms. The van der Waals surface area contributed by atoms with Gasteiger partial charge in [-0.15, -0.1) is 6.58 Å².